The minimum atomic E-state index is -4.39. The molecule has 1 fully saturated rings. The van der Waals surface area contributed by atoms with Gasteiger partial charge in [0.2, 0.25) is 0 Å². The number of nitrogens with zero attached hydrogens (tertiary/aromatic N) is 1. The lowest BCUT2D eigenvalue weighted by Gasteiger charge is -2.12. The Bertz CT molecular complexity index is 627. The molecule has 0 saturated heterocycles. The summed E-state index contributed by atoms with van der Waals surface area (Å²) in [5.74, 6) is -0.251. The zero-order valence-corrected chi connectivity index (χ0v) is 10.4. The van der Waals surface area contributed by atoms with Gasteiger partial charge in [0.05, 0.1) is 11.3 Å². The fraction of sp³-hybridized carbons (Fsp3) is 0.267. The van der Waals surface area contributed by atoms with Gasteiger partial charge < -0.3 is 0 Å². The van der Waals surface area contributed by atoms with E-state index in [4.69, 9.17) is 0 Å². The van der Waals surface area contributed by atoms with Crippen molar-refractivity contribution in [2.75, 3.05) is 0 Å². The molecule has 0 bridgehead atoms. The molecule has 104 valence electrons. The molecule has 1 aliphatic carbocycles. The molecule has 0 amide bonds. The van der Waals surface area contributed by atoms with Gasteiger partial charge in [0.15, 0.2) is 0 Å². The molecule has 0 spiro atoms. The molecular formula is C15H11F4N. The smallest absolute Gasteiger partial charge is 0.255 e. The summed E-state index contributed by atoms with van der Waals surface area (Å²) in [5.41, 5.74) is 1.03. The van der Waals surface area contributed by atoms with E-state index in [1.165, 1.54) is 30.3 Å². The predicted molar refractivity (Wildman–Crippen MR) is 66.6 cm³/mol. The molecule has 0 unspecified atom stereocenters. The van der Waals surface area contributed by atoms with E-state index in [0.717, 1.165) is 19.0 Å². The first-order valence-corrected chi connectivity index (χ1v) is 6.28. The SMILES string of the molecule is Fc1ccc(-c2ncc(C(F)(F)F)cc2C2CC2)cc1. The van der Waals surface area contributed by atoms with E-state index in [0.29, 0.717) is 16.8 Å². The number of rotatable bonds is 2. The monoisotopic (exact) mass is 281 g/mol. The molecular weight excluding hydrogens is 270 g/mol. The van der Waals surface area contributed by atoms with Gasteiger partial charge >= 0.3 is 6.18 Å². The van der Waals surface area contributed by atoms with Crippen molar-refractivity contribution in [2.45, 2.75) is 24.9 Å². The van der Waals surface area contributed by atoms with Crippen molar-refractivity contribution in [3.63, 3.8) is 0 Å². The highest BCUT2D eigenvalue weighted by Gasteiger charge is 2.34. The third-order valence-corrected chi connectivity index (χ3v) is 3.38. The molecule has 1 heterocycles. The molecule has 1 saturated carbocycles. The highest BCUT2D eigenvalue weighted by molar-refractivity contribution is 5.64. The van der Waals surface area contributed by atoms with Crippen LogP contribution in [0.4, 0.5) is 17.6 Å². The van der Waals surface area contributed by atoms with Crippen molar-refractivity contribution in [3.8, 4) is 11.3 Å². The van der Waals surface area contributed by atoms with Crippen LogP contribution in [0, 0.1) is 5.82 Å². The van der Waals surface area contributed by atoms with Crippen LogP contribution >= 0.6 is 0 Å². The third-order valence-electron chi connectivity index (χ3n) is 3.38. The van der Waals surface area contributed by atoms with Crippen LogP contribution < -0.4 is 0 Å². The third kappa shape index (κ3) is 2.53. The van der Waals surface area contributed by atoms with E-state index in [2.05, 4.69) is 4.98 Å². The summed E-state index contributed by atoms with van der Waals surface area (Å²) in [6.45, 7) is 0. The second-order valence-corrected chi connectivity index (χ2v) is 4.94. The molecule has 1 nitrogen and oxygen atoms in total. The van der Waals surface area contributed by atoms with Gasteiger partial charge in [-0.25, -0.2) is 4.39 Å². The lowest BCUT2D eigenvalue weighted by Crippen LogP contribution is -2.07. The van der Waals surface area contributed by atoms with Crippen LogP contribution in [-0.4, -0.2) is 4.98 Å². The van der Waals surface area contributed by atoms with Crippen molar-refractivity contribution in [1.29, 1.82) is 0 Å². The van der Waals surface area contributed by atoms with Crippen molar-refractivity contribution in [3.05, 3.63) is 53.5 Å². The van der Waals surface area contributed by atoms with Gasteiger partial charge in [0, 0.05) is 11.8 Å². The molecule has 1 aromatic heterocycles. The Kier molecular flexibility index (Phi) is 3.00. The molecule has 0 atom stereocenters. The summed E-state index contributed by atoms with van der Waals surface area (Å²) in [5, 5.41) is 0. The fourth-order valence-corrected chi connectivity index (χ4v) is 2.19. The maximum absolute atomic E-state index is 12.9. The quantitative estimate of drug-likeness (QED) is 0.722. The Hall–Kier alpha value is -1.91. The summed E-state index contributed by atoms with van der Waals surface area (Å²) in [6, 6.07) is 6.81. The zero-order chi connectivity index (χ0) is 14.3. The second-order valence-electron chi connectivity index (χ2n) is 4.94. The van der Waals surface area contributed by atoms with Crippen molar-refractivity contribution in [1.82, 2.24) is 4.98 Å². The Labute approximate surface area is 113 Å². The van der Waals surface area contributed by atoms with Gasteiger partial charge in [0.1, 0.15) is 5.82 Å². The molecule has 0 N–H and O–H groups in total. The first kappa shape index (κ1) is 13.1. The van der Waals surface area contributed by atoms with Gasteiger partial charge in [0.25, 0.3) is 0 Å². The van der Waals surface area contributed by atoms with Crippen molar-refractivity contribution >= 4 is 0 Å². The lowest BCUT2D eigenvalue weighted by atomic mass is 10.0. The second kappa shape index (κ2) is 4.58. The van der Waals surface area contributed by atoms with E-state index < -0.39 is 11.7 Å². The molecule has 20 heavy (non-hydrogen) atoms. The van der Waals surface area contributed by atoms with Crippen LogP contribution in [0.2, 0.25) is 0 Å². The van der Waals surface area contributed by atoms with Crippen molar-refractivity contribution < 1.29 is 17.6 Å². The van der Waals surface area contributed by atoms with Crippen LogP contribution in [0.3, 0.4) is 0 Å². The average molecular weight is 281 g/mol. The maximum Gasteiger partial charge on any atom is 0.417 e. The van der Waals surface area contributed by atoms with Crippen LogP contribution in [0.15, 0.2) is 36.5 Å². The highest BCUT2D eigenvalue weighted by atomic mass is 19.4. The van der Waals surface area contributed by atoms with Crippen LogP contribution in [0.25, 0.3) is 11.3 Å². The van der Waals surface area contributed by atoms with Gasteiger partial charge in [-0.1, -0.05) is 0 Å². The van der Waals surface area contributed by atoms with Gasteiger partial charge in [-0.2, -0.15) is 13.2 Å². The molecule has 3 rings (SSSR count). The summed E-state index contributed by atoms with van der Waals surface area (Å²) in [6.07, 6.45) is -1.81. The van der Waals surface area contributed by atoms with Gasteiger partial charge in [-0.15, -0.1) is 0 Å². The van der Waals surface area contributed by atoms with E-state index >= 15 is 0 Å². The van der Waals surface area contributed by atoms with Gasteiger partial charge in [-0.3, -0.25) is 4.98 Å². The topological polar surface area (TPSA) is 12.9 Å². The Morgan fingerprint density at radius 2 is 1.70 bits per heavy atom. The summed E-state index contributed by atoms with van der Waals surface area (Å²) in [4.78, 5) is 3.96. The Balaban J connectivity index is 2.09. The van der Waals surface area contributed by atoms with E-state index in [9.17, 15) is 17.6 Å². The number of halogens is 4. The number of benzene rings is 1. The minimum Gasteiger partial charge on any atom is -0.255 e. The number of hydrogen-bond donors (Lipinski definition) is 0. The summed E-state index contributed by atoms with van der Waals surface area (Å²) in [7, 11) is 0. The van der Waals surface area contributed by atoms with E-state index in [1.54, 1.807) is 0 Å². The van der Waals surface area contributed by atoms with Crippen LogP contribution in [0.1, 0.15) is 29.9 Å². The van der Waals surface area contributed by atoms with Crippen LogP contribution in [0.5, 0.6) is 0 Å². The van der Waals surface area contributed by atoms with E-state index in [-0.39, 0.29) is 11.7 Å². The summed E-state index contributed by atoms with van der Waals surface area (Å²) >= 11 is 0. The lowest BCUT2D eigenvalue weighted by molar-refractivity contribution is -0.137. The van der Waals surface area contributed by atoms with E-state index in [1.807, 2.05) is 0 Å². The molecule has 0 radical (unpaired) electrons. The molecule has 0 aliphatic heterocycles. The Morgan fingerprint density at radius 3 is 2.25 bits per heavy atom. The highest BCUT2D eigenvalue weighted by Crippen LogP contribution is 2.45. The Morgan fingerprint density at radius 1 is 1.05 bits per heavy atom. The summed E-state index contributed by atoms with van der Waals surface area (Å²) < 4.78 is 51.2. The standard InChI is InChI=1S/C15H11F4N/c16-12-5-3-10(4-6-12)14-13(9-1-2-9)7-11(8-20-14)15(17,18)19/h3-9H,1-2H2. The molecule has 1 aliphatic rings. The molecule has 2 aromatic rings. The largest absolute Gasteiger partial charge is 0.417 e. The predicted octanol–water partition coefficient (Wildman–Crippen LogP) is 4.78. The first-order chi connectivity index (χ1) is 9.45. The zero-order valence-electron chi connectivity index (χ0n) is 10.4. The van der Waals surface area contributed by atoms with Crippen LogP contribution in [-0.2, 0) is 6.18 Å². The first-order valence-electron chi connectivity index (χ1n) is 6.28. The number of alkyl halides is 3. The normalized spacial score (nSPS) is 15.4. The average Bonchev–Trinajstić information content (AvgIpc) is 3.22. The molecule has 5 heteroatoms. The minimum absolute atomic E-state index is 0.129. The van der Waals surface area contributed by atoms with Gasteiger partial charge in [-0.05, 0) is 54.7 Å². The fourth-order valence-electron chi connectivity index (χ4n) is 2.19. The number of hydrogen-bond acceptors (Lipinski definition) is 1. The number of aromatic nitrogens is 1. The maximum atomic E-state index is 12.9. The molecule has 1 aromatic carbocycles. The number of pyridine rings is 1. The van der Waals surface area contributed by atoms with Crippen molar-refractivity contribution in [2.24, 2.45) is 0 Å².